The van der Waals surface area contributed by atoms with E-state index in [0.29, 0.717) is 39.7 Å². The van der Waals surface area contributed by atoms with Crippen LogP contribution < -0.4 is 11.1 Å². The van der Waals surface area contributed by atoms with Gasteiger partial charge in [-0.2, -0.15) is 5.10 Å². The van der Waals surface area contributed by atoms with E-state index in [2.05, 4.69) is 35.3 Å². The van der Waals surface area contributed by atoms with E-state index in [1.54, 1.807) is 24.1 Å². The van der Waals surface area contributed by atoms with Gasteiger partial charge in [-0.3, -0.25) is 9.67 Å². The van der Waals surface area contributed by atoms with Crippen LogP contribution in [0.1, 0.15) is 18.5 Å². The van der Waals surface area contributed by atoms with Gasteiger partial charge in [-0.1, -0.05) is 0 Å². The highest BCUT2D eigenvalue weighted by molar-refractivity contribution is 5.84. The highest BCUT2D eigenvalue weighted by atomic mass is 19.1. The second-order valence-electron chi connectivity index (χ2n) is 7.71. The van der Waals surface area contributed by atoms with Gasteiger partial charge in [0.1, 0.15) is 41.5 Å². The lowest BCUT2D eigenvalue weighted by Gasteiger charge is -2.20. The van der Waals surface area contributed by atoms with Gasteiger partial charge in [-0.15, -0.1) is 0 Å². The molecule has 5 aromatic rings. The summed E-state index contributed by atoms with van der Waals surface area (Å²) in [7, 11) is 1.74. The molecule has 0 amide bonds. The largest absolute Gasteiger partial charge is 0.383 e. The summed E-state index contributed by atoms with van der Waals surface area (Å²) >= 11 is 0. The van der Waals surface area contributed by atoms with Crippen LogP contribution >= 0.6 is 0 Å². The number of rotatable bonds is 5. The molecule has 11 heteroatoms. The molecular weight excluding hydrogens is 440 g/mol. The van der Waals surface area contributed by atoms with Crippen molar-refractivity contribution >= 4 is 22.5 Å². The van der Waals surface area contributed by atoms with E-state index < -0.39 is 17.7 Å². The van der Waals surface area contributed by atoms with Crippen molar-refractivity contribution in [2.24, 2.45) is 7.05 Å². The Morgan fingerprint density at radius 3 is 2.59 bits per heavy atom. The maximum atomic E-state index is 14.0. The number of benzene rings is 1. The number of anilines is 2. The third-order valence-corrected chi connectivity index (χ3v) is 5.29. The van der Waals surface area contributed by atoms with Crippen LogP contribution in [0, 0.1) is 11.6 Å². The molecule has 0 aliphatic rings. The number of nitrogens with zero attached hydrogens (tertiary/aromatic N) is 7. The molecular formula is C23H19F2N9. The van der Waals surface area contributed by atoms with Crippen LogP contribution in [-0.4, -0.2) is 34.7 Å². The van der Waals surface area contributed by atoms with Gasteiger partial charge in [0, 0.05) is 36.3 Å². The molecule has 0 aliphatic heterocycles. The SMILES string of the molecule is CC(Nc1ncnc(N)c1-c1ncn(C)n1)c1cc2ccc(F)cc2nc1-c1cc(F)ccn1. The zero-order valence-corrected chi connectivity index (χ0v) is 18.2. The van der Waals surface area contributed by atoms with E-state index in [4.69, 9.17) is 5.73 Å². The first-order valence-corrected chi connectivity index (χ1v) is 10.3. The molecule has 0 saturated heterocycles. The summed E-state index contributed by atoms with van der Waals surface area (Å²) in [6.07, 6.45) is 4.25. The molecule has 0 bridgehead atoms. The van der Waals surface area contributed by atoms with Crippen molar-refractivity contribution in [1.82, 2.24) is 34.7 Å². The van der Waals surface area contributed by atoms with Crippen molar-refractivity contribution < 1.29 is 8.78 Å². The van der Waals surface area contributed by atoms with Crippen molar-refractivity contribution in [2.75, 3.05) is 11.1 Å². The summed E-state index contributed by atoms with van der Waals surface area (Å²) in [5, 5.41) is 8.35. The normalized spacial score (nSPS) is 12.1. The third-order valence-electron chi connectivity index (χ3n) is 5.29. The molecule has 1 atom stereocenters. The molecule has 1 aromatic carbocycles. The molecule has 0 spiro atoms. The first-order valence-electron chi connectivity index (χ1n) is 10.3. The minimum Gasteiger partial charge on any atom is -0.383 e. The Morgan fingerprint density at radius 2 is 1.82 bits per heavy atom. The van der Waals surface area contributed by atoms with Crippen molar-refractivity contribution in [3.05, 3.63) is 72.4 Å². The van der Waals surface area contributed by atoms with Gasteiger partial charge in [0.25, 0.3) is 0 Å². The molecule has 3 N–H and O–H groups in total. The first kappa shape index (κ1) is 21.3. The van der Waals surface area contributed by atoms with Gasteiger partial charge < -0.3 is 11.1 Å². The number of aryl methyl sites for hydroxylation is 1. The van der Waals surface area contributed by atoms with Crippen LogP contribution in [0.5, 0.6) is 0 Å². The quantitative estimate of drug-likeness (QED) is 0.406. The molecule has 34 heavy (non-hydrogen) atoms. The van der Waals surface area contributed by atoms with Gasteiger partial charge in [-0.05, 0) is 31.2 Å². The number of nitrogens with one attached hydrogen (secondary N) is 1. The fourth-order valence-corrected chi connectivity index (χ4v) is 3.69. The Morgan fingerprint density at radius 1 is 1.00 bits per heavy atom. The standard InChI is InChI=1S/C23H19F2N9/c1-12(31-22-19(21(26)28-10-29-22)23-30-11-34(2)33-23)16-7-13-3-4-14(24)8-17(13)32-20(16)18-9-15(25)5-6-27-18/h3-12H,1-2H3,(H3,26,28,29,31). The summed E-state index contributed by atoms with van der Waals surface area (Å²) in [6, 6.07) is 8.35. The lowest BCUT2D eigenvalue weighted by atomic mass is 10.0. The molecule has 9 nitrogen and oxygen atoms in total. The second-order valence-corrected chi connectivity index (χ2v) is 7.71. The van der Waals surface area contributed by atoms with Crippen LogP contribution in [0.25, 0.3) is 33.7 Å². The highest BCUT2D eigenvalue weighted by Crippen LogP contribution is 2.34. The zero-order chi connectivity index (χ0) is 23.8. The Kier molecular flexibility index (Phi) is 5.28. The Balaban J connectivity index is 1.63. The van der Waals surface area contributed by atoms with Crippen LogP contribution in [0.4, 0.5) is 20.4 Å². The maximum absolute atomic E-state index is 14.0. The van der Waals surface area contributed by atoms with Gasteiger partial charge in [0.2, 0.25) is 0 Å². The zero-order valence-electron chi connectivity index (χ0n) is 18.2. The van der Waals surface area contributed by atoms with E-state index in [9.17, 15) is 8.78 Å². The van der Waals surface area contributed by atoms with Gasteiger partial charge in [0.15, 0.2) is 5.82 Å². The van der Waals surface area contributed by atoms with E-state index in [-0.39, 0.29) is 5.82 Å². The van der Waals surface area contributed by atoms with Crippen molar-refractivity contribution in [3.8, 4) is 22.8 Å². The average molecular weight is 459 g/mol. The number of fused-ring (bicyclic) bond motifs is 1. The summed E-state index contributed by atoms with van der Waals surface area (Å²) in [4.78, 5) is 21.6. The Labute approximate surface area is 192 Å². The van der Waals surface area contributed by atoms with E-state index in [1.807, 2.05) is 13.0 Å². The van der Waals surface area contributed by atoms with Crippen molar-refractivity contribution in [2.45, 2.75) is 13.0 Å². The monoisotopic (exact) mass is 459 g/mol. The number of aromatic nitrogens is 7. The summed E-state index contributed by atoms with van der Waals surface area (Å²) in [5.41, 5.74) is 8.45. The predicted molar refractivity (Wildman–Crippen MR) is 123 cm³/mol. The lowest BCUT2D eigenvalue weighted by molar-refractivity contribution is 0.626. The van der Waals surface area contributed by atoms with E-state index >= 15 is 0 Å². The smallest absolute Gasteiger partial charge is 0.188 e. The molecule has 5 rings (SSSR count). The molecule has 0 radical (unpaired) electrons. The summed E-state index contributed by atoms with van der Waals surface area (Å²) in [6.45, 7) is 1.89. The minimum atomic E-state index is -0.454. The average Bonchev–Trinajstić information content (AvgIpc) is 3.23. The summed E-state index contributed by atoms with van der Waals surface area (Å²) < 4.78 is 29.4. The van der Waals surface area contributed by atoms with Crippen LogP contribution in [0.3, 0.4) is 0 Å². The number of hydrogen-bond acceptors (Lipinski definition) is 8. The molecule has 4 aromatic heterocycles. The second kappa shape index (κ2) is 8.43. The van der Waals surface area contributed by atoms with Crippen LogP contribution in [0.2, 0.25) is 0 Å². The van der Waals surface area contributed by atoms with Gasteiger partial charge >= 0.3 is 0 Å². The Hall–Kier alpha value is -4.54. The molecule has 0 aliphatic carbocycles. The summed E-state index contributed by atoms with van der Waals surface area (Å²) in [5.74, 6) is 0.138. The fourth-order valence-electron chi connectivity index (χ4n) is 3.69. The number of pyridine rings is 2. The van der Waals surface area contributed by atoms with E-state index in [0.717, 1.165) is 5.39 Å². The first-order chi connectivity index (χ1) is 16.4. The van der Waals surface area contributed by atoms with Crippen molar-refractivity contribution in [3.63, 3.8) is 0 Å². The van der Waals surface area contributed by atoms with Crippen LogP contribution in [-0.2, 0) is 7.05 Å². The number of nitrogens with two attached hydrogens (primary N) is 1. The maximum Gasteiger partial charge on any atom is 0.188 e. The van der Waals surface area contributed by atoms with E-state index in [1.165, 1.54) is 36.8 Å². The molecule has 1 unspecified atom stereocenters. The van der Waals surface area contributed by atoms with Crippen molar-refractivity contribution in [1.29, 1.82) is 0 Å². The van der Waals surface area contributed by atoms with Gasteiger partial charge in [0.05, 0.1) is 22.9 Å². The topological polar surface area (TPSA) is 120 Å². The van der Waals surface area contributed by atoms with Crippen LogP contribution in [0.15, 0.2) is 55.2 Å². The molecule has 4 heterocycles. The Bertz CT molecular complexity index is 1520. The molecule has 0 saturated carbocycles. The molecule has 170 valence electrons. The predicted octanol–water partition coefficient (Wildman–Crippen LogP) is 3.92. The minimum absolute atomic E-state index is 0.218. The molecule has 0 fully saturated rings. The third kappa shape index (κ3) is 3.98. The van der Waals surface area contributed by atoms with Gasteiger partial charge in [-0.25, -0.2) is 28.7 Å². The number of hydrogen-bond donors (Lipinski definition) is 2. The number of halogens is 2. The number of nitrogen functional groups attached to an aromatic ring is 1. The highest BCUT2D eigenvalue weighted by Gasteiger charge is 2.21. The lowest BCUT2D eigenvalue weighted by Crippen LogP contribution is -2.13. The fraction of sp³-hybridized carbons (Fsp3) is 0.130.